The van der Waals surface area contributed by atoms with Gasteiger partial charge in [-0.1, -0.05) is 31.9 Å². The molecule has 0 amide bonds. The Morgan fingerprint density at radius 1 is 1.29 bits per heavy atom. The number of ether oxygens (including phenoxy) is 1. The van der Waals surface area contributed by atoms with E-state index in [4.69, 9.17) is 10.00 Å². The van der Waals surface area contributed by atoms with Crippen molar-refractivity contribution in [3.63, 3.8) is 0 Å². The van der Waals surface area contributed by atoms with Crippen molar-refractivity contribution in [2.24, 2.45) is 0 Å². The molecule has 0 radical (unpaired) electrons. The van der Waals surface area contributed by atoms with Crippen LogP contribution in [0.3, 0.4) is 0 Å². The lowest BCUT2D eigenvalue weighted by molar-refractivity contribution is 0.367. The summed E-state index contributed by atoms with van der Waals surface area (Å²) >= 11 is 0. The monoisotopic (exact) mass is 187 g/mol. The third-order valence-electron chi connectivity index (χ3n) is 1.56. The van der Waals surface area contributed by atoms with E-state index in [0.29, 0.717) is 16.9 Å². The molecule has 0 N–H and O–H groups in total. The van der Waals surface area contributed by atoms with Crippen molar-refractivity contribution in [3.05, 3.63) is 61.1 Å². The molecule has 2 nitrogen and oxygen atoms in total. The topological polar surface area (TPSA) is 33.0 Å². The van der Waals surface area contributed by atoms with Crippen molar-refractivity contribution >= 4 is 0 Å². The Balaban J connectivity index is 5.39. The van der Waals surface area contributed by atoms with Crippen LogP contribution in [-0.2, 0) is 4.74 Å². The molecular weight excluding hydrogens is 174 g/mol. The van der Waals surface area contributed by atoms with Crippen molar-refractivity contribution in [2.75, 3.05) is 0 Å². The number of rotatable bonds is 5. The van der Waals surface area contributed by atoms with Crippen LogP contribution in [0.25, 0.3) is 0 Å². The van der Waals surface area contributed by atoms with Gasteiger partial charge in [0.1, 0.15) is 5.76 Å². The fourth-order valence-electron chi connectivity index (χ4n) is 0.935. The first-order valence-electron chi connectivity index (χ1n) is 4.08. The molecule has 0 saturated heterocycles. The van der Waals surface area contributed by atoms with Gasteiger partial charge in [-0.3, -0.25) is 0 Å². The maximum absolute atomic E-state index is 8.82. The number of allylic oxidation sites excluding steroid dienone is 5. The van der Waals surface area contributed by atoms with Crippen LogP contribution in [0.2, 0.25) is 0 Å². The largest absolute Gasteiger partial charge is 0.465 e. The van der Waals surface area contributed by atoms with Gasteiger partial charge in [0, 0.05) is 5.57 Å². The molecule has 14 heavy (non-hydrogen) atoms. The van der Waals surface area contributed by atoms with Crippen molar-refractivity contribution in [1.29, 1.82) is 5.26 Å². The molecular formula is C12H13NO. The molecule has 0 saturated carbocycles. The van der Waals surface area contributed by atoms with Crippen LogP contribution in [0.1, 0.15) is 6.92 Å². The highest BCUT2D eigenvalue weighted by atomic mass is 16.5. The predicted octanol–water partition coefficient (Wildman–Crippen LogP) is 3.24. The first-order valence-corrected chi connectivity index (χ1v) is 4.08. The highest BCUT2D eigenvalue weighted by molar-refractivity contribution is 5.50. The van der Waals surface area contributed by atoms with E-state index in [9.17, 15) is 0 Å². The first-order chi connectivity index (χ1) is 6.74. The molecule has 2 heteroatoms. The Morgan fingerprint density at radius 3 is 2.21 bits per heavy atom. The van der Waals surface area contributed by atoms with E-state index in [2.05, 4.69) is 19.7 Å². The lowest BCUT2D eigenvalue weighted by Crippen LogP contribution is -1.91. The normalized spacial score (nSPS) is 12.1. The van der Waals surface area contributed by atoms with Gasteiger partial charge < -0.3 is 4.74 Å². The fourth-order valence-corrected chi connectivity index (χ4v) is 0.935. The van der Waals surface area contributed by atoms with Gasteiger partial charge in [0.15, 0.2) is 0 Å². The van der Waals surface area contributed by atoms with Gasteiger partial charge in [0.05, 0.1) is 17.9 Å². The number of nitriles is 1. The van der Waals surface area contributed by atoms with E-state index < -0.39 is 0 Å². The van der Waals surface area contributed by atoms with Crippen LogP contribution in [0, 0.1) is 11.3 Å². The van der Waals surface area contributed by atoms with Crippen LogP contribution < -0.4 is 0 Å². The number of hydrogen-bond donors (Lipinski definition) is 0. The Kier molecular flexibility index (Phi) is 5.57. The van der Waals surface area contributed by atoms with Crippen molar-refractivity contribution in [1.82, 2.24) is 0 Å². The zero-order valence-corrected chi connectivity index (χ0v) is 8.29. The van der Waals surface area contributed by atoms with Gasteiger partial charge in [0.2, 0.25) is 0 Å². The van der Waals surface area contributed by atoms with E-state index in [0.717, 1.165) is 0 Å². The first kappa shape index (κ1) is 12.0. The molecule has 0 aromatic heterocycles. The summed E-state index contributed by atoms with van der Waals surface area (Å²) in [6, 6.07) is 2.05. The minimum absolute atomic E-state index is 0.477. The molecule has 0 unspecified atom stereocenters. The van der Waals surface area contributed by atoms with E-state index in [-0.39, 0.29) is 0 Å². The summed E-state index contributed by atoms with van der Waals surface area (Å²) in [5.41, 5.74) is 1.11. The van der Waals surface area contributed by atoms with Gasteiger partial charge in [0.25, 0.3) is 0 Å². The number of hydrogen-bond acceptors (Lipinski definition) is 2. The van der Waals surface area contributed by atoms with Gasteiger partial charge in [-0.15, -0.1) is 0 Å². The van der Waals surface area contributed by atoms with Crippen molar-refractivity contribution in [3.8, 4) is 6.07 Å². The fraction of sp³-hybridized carbons (Fsp3) is 0.0833. The quantitative estimate of drug-likeness (QED) is 0.376. The van der Waals surface area contributed by atoms with Gasteiger partial charge in [-0.05, 0) is 13.0 Å². The molecule has 0 fully saturated rings. The summed E-state index contributed by atoms with van der Waals surface area (Å²) in [7, 11) is 0. The molecule has 0 aliphatic rings. The average molecular weight is 187 g/mol. The third kappa shape index (κ3) is 2.80. The molecule has 0 atom stereocenters. The molecule has 72 valence electrons. The van der Waals surface area contributed by atoms with Crippen LogP contribution >= 0.6 is 0 Å². The van der Waals surface area contributed by atoms with E-state index >= 15 is 0 Å². The second-order valence-electron chi connectivity index (χ2n) is 2.28. The predicted molar refractivity (Wildman–Crippen MR) is 58.1 cm³/mol. The third-order valence-corrected chi connectivity index (χ3v) is 1.56. The standard InChI is InChI=1S/C12H13NO/c1-5-10(9-13)11(6-2)12(7-3)14-8-4/h5-8H,2-4H2,1H3/b10-5-,12-11-. The maximum atomic E-state index is 8.82. The molecule has 0 aromatic rings. The maximum Gasteiger partial charge on any atom is 0.134 e. The van der Waals surface area contributed by atoms with Gasteiger partial charge in [-0.25, -0.2) is 0 Å². The van der Waals surface area contributed by atoms with Crippen LogP contribution in [0.4, 0.5) is 0 Å². The number of nitrogens with zero attached hydrogens (tertiary/aromatic N) is 1. The Morgan fingerprint density at radius 2 is 1.93 bits per heavy atom. The summed E-state index contributed by atoms with van der Waals surface area (Å²) in [5.74, 6) is 0.477. The summed E-state index contributed by atoms with van der Waals surface area (Å²) < 4.78 is 5.09. The van der Waals surface area contributed by atoms with Crippen LogP contribution in [-0.4, -0.2) is 0 Å². The van der Waals surface area contributed by atoms with Crippen LogP contribution in [0.5, 0.6) is 0 Å². The SMILES string of the molecule is C=CO/C(C=C)=C(C=C)\C(C#N)=C/C. The molecule has 0 aliphatic carbocycles. The summed E-state index contributed by atoms with van der Waals surface area (Å²) in [5, 5.41) is 8.82. The summed E-state index contributed by atoms with van der Waals surface area (Å²) in [6.07, 6.45) is 6.04. The van der Waals surface area contributed by atoms with Crippen molar-refractivity contribution in [2.45, 2.75) is 6.92 Å². The van der Waals surface area contributed by atoms with Gasteiger partial charge >= 0.3 is 0 Å². The zero-order chi connectivity index (χ0) is 11.0. The molecule has 0 spiro atoms. The highest BCUT2D eigenvalue weighted by Crippen LogP contribution is 2.17. The molecule has 0 bridgehead atoms. The molecule has 0 heterocycles. The highest BCUT2D eigenvalue weighted by Gasteiger charge is 2.05. The molecule has 0 aromatic carbocycles. The summed E-state index contributed by atoms with van der Waals surface area (Å²) in [4.78, 5) is 0. The Bertz CT molecular complexity index is 340. The minimum Gasteiger partial charge on any atom is -0.465 e. The van der Waals surface area contributed by atoms with Crippen LogP contribution in [0.15, 0.2) is 61.1 Å². The lowest BCUT2D eigenvalue weighted by atomic mass is 10.1. The second kappa shape index (κ2) is 6.50. The van der Waals surface area contributed by atoms with Gasteiger partial charge in [-0.2, -0.15) is 5.26 Å². The van der Waals surface area contributed by atoms with E-state index in [1.165, 1.54) is 12.3 Å². The average Bonchev–Trinajstić information content (AvgIpc) is 2.23. The van der Waals surface area contributed by atoms with E-state index in [1.807, 2.05) is 6.07 Å². The Hall–Kier alpha value is -2.01. The smallest absolute Gasteiger partial charge is 0.134 e. The Labute approximate surface area is 84.8 Å². The van der Waals surface area contributed by atoms with E-state index in [1.54, 1.807) is 19.1 Å². The molecule has 0 aliphatic heterocycles. The molecule has 0 rings (SSSR count). The minimum atomic E-state index is 0.477. The summed E-state index contributed by atoms with van der Waals surface area (Å²) in [6.45, 7) is 12.4. The zero-order valence-electron chi connectivity index (χ0n) is 8.29. The van der Waals surface area contributed by atoms with Crippen molar-refractivity contribution < 1.29 is 4.74 Å². The second-order valence-corrected chi connectivity index (χ2v) is 2.28. The lowest BCUT2D eigenvalue weighted by Gasteiger charge is -2.05.